The van der Waals surface area contributed by atoms with Crippen molar-refractivity contribution in [2.75, 3.05) is 0 Å². The number of rotatable bonds is 3. The van der Waals surface area contributed by atoms with E-state index in [4.69, 9.17) is 21.4 Å². The number of ether oxygens (including phenoxy) is 1. The highest BCUT2D eigenvalue weighted by molar-refractivity contribution is 6.31. The van der Waals surface area contributed by atoms with Crippen LogP contribution in [0.5, 0.6) is 11.6 Å². The maximum Gasteiger partial charge on any atom is 0.339 e. The van der Waals surface area contributed by atoms with E-state index in [1.165, 1.54) is 36.5 Å². The third-order valence-corrected chi connectivity index (χ3v) is 2.34. The van der Waals surface area contributed by atoms with Crippen molar-refractivity contribution in [3.05, 3.63) is 52.9 Å². The molecule has 0 aliphatic carbocycles. The molecule has 0 fully saturated rings. The molecule has 1 aromatic carbocycles. The maximum absolute atomic E-state index is 13.3. The molecular weight excluding hydrogens is 261 g/mol. The van der Waals surface area contributed by atoms with E-state index in [0.717, 1.165) is 0 Å². The average Bonchev–Trinajstić information content (AvgIpc) is 2.34. The Morgan fingerprint density at radius 3 is 2.83 bits per heavy atom. The van der Waals surface area contributed by atoms with Crippen molar-refractivity contribution in [2.45, 2.75) is 0 Å². The topological polar surface area (TPSA) is 59.4 Å². The molecule has 1 N–H and O–H groups in total. The number of aromatic carboxylic acids is 1. The molecule has 1 heterocycles. The van der Waals surface area contributed by atoms with E-state index in [9.17, 15) is 9.18 Å². The fraction of sp³-hybridized carbons (Fsp3) is 0. The quantitative estimate of drug-likeness (QED) is 0.926. The van der Waals surface area contributed by atoms with E-state index in [2.05, 4.69) is 4.98 Å². The number of nitrogens with zero attached hydrogens (tertiary/aromatic N) is 1. The lowest BCUT2D eigenvalue weighted by Gasteiger charge is -2.08. The van der Waals surface area contributed by atoms with Crippen LogP contribution in [0.3, 0.4) is 0 Å². The molecule has 0 saturated heterocycles. The molecule has 0 amide bonds. The van der Waals surface area contributed by atoms with Gasteiger partial charge in [0.15, 0.2) is 5.82 Å². The molecule has 6 heteroatoms. The molecule has 2 aromatic rings. The van der Waals surface area contributed by atoms with Crippen LogP contribution in [0.4, 0.5) is 4.39 Å². The smallest absolute Gasteiger partial charge is 0.339 e. The van der Waals surface area contributed by atoms with E-state index in [0.29, 0.717) is 0 Å². The third kappa shape index (κ3) is 2.57. The van der Waals surface area contributed by atoms with E-state index >= 15 is 0 Å². The monoisotopic (exact) mass is 267 g/mol. The van der Waals surface area contributed by atoms with Crippen LogP contribution < -0.4 is 4.74 Å². The predicted octanol–water partition coefficient (Wildman–Crippen LogP) is 3.36. The summed E-state index contributed by atoms with van der Waals surface area (Å²) in [5.74, 6) is -2.21. The number of hydrogen-bond donors (Lipinski definition) is 1. The molecule has 0 bridgehead atoms. The Balaban J connectivity index is 2.41. The number of pyridine rings is 1. The minimum absolute atomic E-state index is 0.0236. The summed E-state index contributed by atoms with van der Waals surface area (Å²) >= 11 is 5.69. The molecule has 0 saturated carbocycles. The predicted molar refractivity (Wildman–Crippen MR) is 62.7 cm³/mol. The van der Waals surface area contributed by atoms with E-state index < -0.39 is 11.8 Å². The van der Waals surface area contributed by atoms with Crippen molar-refractivity contribution >= 4 is 17.6 Å². The van der Waals surface area contributed by atoms with Gasteiger partial charge in [0.05, 0.1) is 0 Å². The number of carboxylic acids is 1. The standard InChI is InChI=1S/C12H7ClFNO3/c13-7-3-4-10(8(6-7)12(16)17)18-11-9(14)2-1-5-15-11/h1-6H,(H,16,17). The highest BCUT2D eigenvalue weighted by Crippen LogP contribution is 2.28. The first kappa shape index (κ1) is 12.3. The van der Waals surface area contributed by atoms with Gasteiger partial charge < -0.3 is 9.84 Å². The molecule has 92 valence electrons. The van der Waals surface area contributed by atoms with Crippen molar-refractivity contribution in [3.8, 4) is 11.6 Å². The molecule has 0 atom stereocenters. The lowest BCUT2D eigenvalue weighted by molar-refractivity contribution is 0.0694. The van der Waals surface area contributed by atoms with Crippen LogP contribution in [0.1, 0.15) is 10.4 Å². The Bertz CT molecular complexity index is 604. The maximum atomic E-state index is 13.3. The second-order valence-electron chi connectivity index (χ2n) is 3.34. The molecular formula is C12H7ClFNO3. The van der Waals surface area contributed by atoms with Crippen LogP contribution in [0, 0.1) is 5.82 Å². The number of aromatic nitrogens is 1. The highest BCUT2D eigenvalue weighted by Gasteiger charge is 2.14. The fourth-order valence-electron chi connectivity index (χ4n) is 1.31. The molecule has 18 heavy (non-hydrogen) atoms. The van der Waals surface area contributed by atoms with E-state index in [1.807, 2.05) is 0 Å². The molecule has 1 aromatic heterocycles. The molecule has 0 radical (unpaired) electrons. The second-order valence-corrected chi connectivity index (χ2v) is 3.77. The first-order chi connectivity index (χ1) is 8.58. The van der Waals surface area contributed by atoms with Crippen LogP contribution in [0.15, 0.2) is 36.5 Å². The van der Waals surface area contributed by atoms with Crippen LogP contribution in [-0.2, 0) is 0 Å². The summed E-state index contributed by atoms with van der Waals surface area (Å²) in [6.07, 6.45) is 1.34. The van der Waals surface area contributed by atoms with Crippen molar-refractivity contribution < 1.29 is 19.0 Å². The van der Waals surface area contributed by atoms with Gasteiger partial charge >= 0.3 is 5.97 Å². The van der Waals surface area contributed by atoms with Crippen LogP contribution in [0.2, 0.25) is 5.02 Å². The van der Waals surface area contributed by atoms with Gasteiger partial charge in [0, 0.05) is 11.2 Å². The number of carbonyl (C=O) groups is 1. The van der Waals surface area contributed by atoms with Gasteiger partial charge in [-0.15, -0.1) is 0 Å². The second kappa shape index (κ2) is 5.01. The lowest BCUT2D eigenvalue weighted by atomic mass is 10.2. The zero-order chi connectivity index (χ0) is 13.1. The highest BCUT2D eigenvalue weighted by atomic mass is 35.5. The summed E-state index contributed by atoms with van der Waals surface area (Å²) in [6.45, 7) is 0. The minimum atomic E-state index is -1.22. The SMILES string of the molecule is O=C(O)c1cc(Cl)ccc1Oc1ncccc1F. The Labute approximate surface area is 107 Å². The average molecular weight is 268 g/mol. The summed E-state index contributed by atoms with van der Waals surface area (Å²) in [5.41, 5.74) is -0.160. The summed E-state index contributed by atoms with van der Waals surface area (Å²) < 4.78 is 18.5. The summed E-state index contributed by atoms with van der Waals surface area (Å²) in [5, 5.41) is 9.24. The Morgan fingerprint density at radius 1 is 1.39 bits per heavy atom. The molecule has 0 aliphatic heterocycles. The number of carboxylic acid groups (broad SMARTS) is 1. The van der Waals surface area contributed by atoms with Crippen LogP contribution in [-0.4, -0.2) is 16.1 Å². The van der Waals surface area contributed by atoms with Gasteiger partial charge in [0.2, 0.25) is 0 Å². The molecule has 0 unspecified atom stereocenters. The molecule has 0 spiro atoms. The van der Waals surface area contributed by atoms with Crippen molar-refractivity contribution in [1.29, 1.82) is 0 Å². The summed E-state index contributed by atoms with van der Waals surface area (Å²) in [7, 11) is 0. The van der Waals surface area contributed by atoms with Crippen molar-refractivity contribution in [3.63, 3.8) is 0 Å². The van der Waals surface area contributed by atoms with Gasteiger partial charge in [-0.25, -0.2) is 14.2 Å². The lowest BCUT2D eigenvalue weighted by Crippen LogP contribution is -2.01. The zero-order valence-electron chi connectivity index (χ0n) is 8.93. The van der Waals surface area contributed by atoms with Crippen LogP contribution >= 0.6 is 11.6 Å². The number of benzene rings is 1. The van der Waals surface area contributed by atoms with Gasteiger partial charge in [-0.05, 0) is 30.3 Å². The van der Waals surface area contributed by atoms with Crippen LogP contribution in [0.25, 0.3) is 0 Å². The number of halogens is 2. The first-order valence-electron chi connectivity index (χ1n) is 4.89. The van der Waals surface area contributed by atoms with Gasteiger partial charge in [-0.1, -0.05) is 11.6 Å². The van der Waals surface area contributed by atoms with Gasteiger partial charge in [-0.2, -0.15) is 0 Å². The summed E-state index contributed by atoms with van der Waals surface area (Å²) in [4.78, 5) is 14.7. The van der Waals surface area contributed by atoms with Crippen molar-refractivity contribution in [2.24, 2.45) is 0 Å². The van der Waals surface area contributed by atoms with E-state index in [1.54, 1.807) is 0 Å². The van der Waals surface area contributed by atoms with Gasteiger partial charge in [-0.3, -0.25) is 0 Å². The summed E-state index contributed by atoms with van der Waals surface area (Å²) in [6, 6.07) is 6.59. The Hall–Kier alpha value is -2.14. The van der Waals surface area contributed by atoms with Gasteiger partial charge in [0.25, 0.3) is 5.88 Å². The largest absolute Gasteiger partial charge is 0.478 e. The van der Waals surface area contributed by atoms with Crippen molar-refractivity contribution in [1.82, 2.24) is 4.98 Å². The first-order valence-corrected chi connectivity index (χ1v) is 5.27. The molecule has 0 aliphatic rings. The third-order valence-electron chi connectivity index (χ3n) is 2.10. The zero-order valence-corrected chi connectivity index (χ0v) is 9.69. The fourth-order valence-corrected chi connectivity index (χ4v) is 1.48. The van der Waals surface area contributed by atoms with Gasteiger partial charge in [0.1, 0.15) is 11.3 Å². The minimum Gasteiger partial charge on any atom is -0.478 e. The Morgan fingerprint density at radius 2 is 2.17 bits per heavy atom. The van der Waals surface area contributed by atoms with E-state index in [-0.39, 0.29) is 22.2 Å². The number of hydrogen-bond acceptors (Lipinski definition) is 3. The Kier molecular flexibility index (Phi) is 3.43. The molecule has 2 rings (SSSR count). The molecule has 4 nitrogen and oxygen atoms in total. The normalized spacial score (nSPS) is 10.1.